The van der Waals surface area contributed by atoms with Crippen molar-refractivity contribution in [2.24, 2.45) is 0 Å². The molecule has 1 aliphatic carbocycles. The van der Waals surface area contributed by atoms with Crippen molar-refractivity contribution in [2.45, 2.75) is 57.5 Å². The molecule has 1 heterocycles. The fraction of sp³-hybridized carbons (Fsp3) is 0.529. The molecule has 4 nitrogen and oxygen atoms in total. The molecule has 0 spiro atoms. The van der Waals surface area contributed by atoms with E-state index in [0.29, 0.717) is 11.7 Å². The van der Waals surface area contributed by atoms with Gasteiger partial charge in [-0.1, -0.05) is 31.4 Å². The maximum absolute atomic E-state index is 12.5. The van der Waals surface area contributed by atoms with Crippen LogP contribution in [0.5, 0.6) is 0 Å². The zero-order valence-electron chi connectivity index (χ0n) is 12.5. The summed E-state index contributed by atoms with van der Waals surface area (Å²) in [4.78, 5) is 26.1. The first-order valence-electron chi connectivity index (χ1n) is 7.84. The Kier molecular flexibility index (Phi) is 4.06. The van der Waals surface area contributed by atoms with Crippen LogP contribution in [-0.2, 0) is 9.59 Å². The second kappa shape index (κ2) is 5.98. The van der Waals surface area contributed by atoms with E-state index in [2.05, 4.69) is 5.32 Å². The van der Waals surface area contributed by atoms with Crippen LogP contribution in [-0.4, -0.2) is 23.9 Å². The Labute approximate surface area is 125 Å². The molecule has 1 saturated carbocycles. The van der Waals surface area contributed by atoms with Crippen molar-refractivity contribution in [3.63, 3.8) is 0 Å². The van der Waals surface area contributed by atoms with Gasteiger partial charge in [0.05, 0.1) is 18.2 Å². The number of rotatable bonds is 3. The number of carbonyl (C=O) groups excluding carboxylic acids is 2. The number of hydrogen-bond donors (Lipinski definition) is 1. The summed E-state index contributed by atoms with van der Waals surface area (Å²) in [6, 6.07) is 7.60. The summed E-state index contributed by atoms with van der Waals surface area (Å²) in [5.41, 5.74) is 1.75. The minimum atomic E-state index is -0.346. The van der Waals surface area contributed by atoms with Gasteiger partial charge < -0.3 is 5.32 Å². The number of nitrogens with zero attached hydrogens (tertiary/aromatic N) is 1. The Bertz CT molecular complexity index is 549. The number of nitrogens with one attached hydrogen (secondary N) is 1. The van der Waals surface area contributed by atoms with E-state index in [0.717, 1.165) is 18.4 Å². The van der Waals surface area contributed by atoms with Crippen LogP contribution in [0.4, 0.5) is 5.69 Å². The van der Waals surface area contributed by atoms with E-state index in [1.165, 1.54) is 24.2 Å². The third-order valence-corrected chi connectivity index (χ3v) is 4.45. The quantitative estimate of drug-likeness (QED) is 0.869. The lowest BCUT2D eigenvalue weighted by Crippen LogP contribution is -2.44. The number of aryl methyl sites for hydroxylation is 1. The Morgan fingerprint density at radius 1 is 1.14 bits per heavy atom. The maximum atomic E-state index is 12.5. The zero-order valence-corrected chi connectivity index (χ0v) is 12.5. The summed E-state index contributed by atoms with van der Waals surface area (Å²) >= 11 is 0. The molecule has 1 aromatic carbocycles. The second-order valence-electron chi connectivity index (χ2n) is 6.16. The third-order valence-electron chi connectivity index (χ3n) is 4.45. The highest BCUT2D eigenvalue weighted by Gasteiger charge is 2.40. The summed E-state index contributed by atoms with van der Waals surface area (Å²) in [5.74, 6) is -0.199. The first-order valence-corrected chi connectivity index (χ1v) is 7.84. The number of amides is 2. The maximum Gasteiger partial charge on any atom is 0.251 e. The van der Waals surface area contributed by atoms with Crippen LogP contribution in [0.3, 0.4) is 0 Å². The molecule has 1 N–H and O–H groups in total. The van der Waals surface area contributed by atoms with Gasteiger partial charge in [-0.25, -0.2) is 4.90 Å². The standard InChI is InChI=1S/C17H22N2O2/c1-12-6-5-9-14(10-12)19-16(20)11-15(17(19)21)18-13-7-3-2-4-8-13/h5-6,9-10,13,15,18H,2-4,7-8,11H2,1H3. The van der Waals surface area contributed by atoms with E-state index in [9.17, 15) is 9.59 Å². The predicted octanol–water partition coefficient (Wildman–Crippen LogP) is 2.55. The SMILES string of the molecule is Cc1cccc(N2C(=O)CC(NC3CCCCC3)C2=O)c1. The smallest absolute Gasteiger partial charge is 0.251 e. The van der Waals surface area contributed by atoms with Crippen LogP contribution in [0, 0.1) is 6.92 Å². The molecule has 1 aromatic rings. The van der Waals surface area contributed by atoms with Crippen LogP contribution in [0.2, 0.25) is 0 Å². The van der Waals surface area contributed by atoms with Gasteiger partial charge >= 0.3 is 0 Å². The molecule has 1 unspecified atom stereocenters. The first-order chi connectivity index (χ1) is 10.1. The molecule has 2 amide bonds. The van der Waals surface area contributed by atoms with Gasteiger partial charge in [0.2, 0.25) is 5.91 Å². The van der Waals surface area contributed by atoms with E-state index in [1.54, 1.807) is 0 Å². The van der Waals surface area contributed by atoms with Gasteiger partial charge in [0.15, 0.2) is 0 Å². The number of benzene rings is 1. The predicted molar refractivity (Wildman–Crippen MR) is 82.1 cm³/mol. The average Bonchev–Trinajstić information content (AvgIpc) is 2.74. The summed E-state index contributed by atoms with van der Waals surface area (Å²) in [6.07, 6.45) is 6.22. The van der Waals surface area contributed by atoms with Crippen molar-refractivity contribution in [2.75, 3.05) is 4.90 Å². The summed E-state index contributed by atoms with van der Waals surface area (Å²) in [5, 5.41) is 3.40. The molecule has 0 bridgehead atoms. The Balaban J connectivity index is 1.72. The van der Waals surface area contributed by atoms with Gasteiger partial charge in [-0.2, -0.15) is 0 Å². The highest BCUT2D eigenvalue weighted by atomic mass is 16.2. The Hall–Kier alpha value is -1.68. The molecule has 21 heavy (non-hydrogen) atoms. The second-order valence-corrected chi connectivity index (χ2v) is 6.16. The zero-order chi connectivity index (χ0) is 14.8. The molecule has 1 saturated heterocycles. The summed E-state index contributed by atoms with van der Waals surface area (Å²) in [7, 11) is 0. The number of hydrogen-bond acceptors (Lipinski definition) is 3. The Morgan fingerprint density at radius 3 is 2.62 bits per heavy atom. The molecule has 1 aliphatic heterocycles. The van der Waals surface area contributed by atoms with E-state index in [-0.39, 0.29) is 24.3 Å². The molecule has 0 aromatic heterocycles. The summed E-state index contributed by atoms with van der Waals surface area (Å²) in [6.45, 7) is 1.96. The van der Waals surface area contributed by atoms with Crippen molar-refractivity contribution < 1.29 is 9.59 Å². The third kappa shape index (κ3) is 3.00. The molecule has 3 rings (SSSR count). The van der Waals surface area contributed by atoms with E-state index >= 15 is 0 Å². The highest BCUT2D eigenvalue weighted by Crippen LogP contribution is 2.25. The van der Waals surface area contributed by atoms with Gasteiger partial charge in [-0.15, -0.1) is 0 Å². The normalized spacial score (nSPS) is 23.9. The minimum absolute atomic E-state index is 0.0982. The van der Waals surface area contributed by atoms with Crippen molar-refractivity contribution in [3.05, 3.63) is 29.8 Å². The number of carbonyl (C=O) groups is 2. The van der Waals surface area contributed by atoms with Crippen molar-refractivity contribution in [1.29, 1.82) is 0 Å². The first kappa shape index (κ1) is 14.3. The number of anilines is 1. The summed E-state index contributed by atoms with van der Waals surface area (Å²) < 4.78 is 0. The van der Waals surface area contributed by atoms with Crippen LogP contribution >= 0.6 is 0 Å². The topological polar surface area (TPSA) is 49.4 Å². The van der Waals surface area contributed by atoms with Crippen LogP contribution in [0.25, 0.3) is 0 Å². The van der Waals surface area contributed by atoms with Gasteiger partial charge in [-0.3, -0.25) is 9.59 Å². The van der Waals surface area contributed by atoms with E-state index in [4.69, 9.17) is 0 Å². The molecular weight excluding hydrogens is 264 g/mol. The van der Waals surface area contributed by atoms with E-state index in [1.807, 2.05) is 31.2 Å². The van der Waals surface area contributed by atoms with Gasteiger partial charge in [0, 0.05) is 6.04 Å². The van der Waals surface area contributed by atoms with Gasteiger partial charge in [0.25, 0.3) is 5.91 Å². The molecule has 2 aliphatic rings. The molecule has 2 fully saturated rings. The number of imide groups is 1. The van der Waals surface area contributed by atoms with E-state index < -0.39 is 0 Å². The van der Waals surface area contributed by atoms with Crippen molar-refractivity contribution >= 4 is 17.5 Å². The lowest BCUT2D eigenvalue weighted by molar-refractivity contribution is -0.121. The largest absolute Gasteiger partial charge is 0.303 e. The minimum Gasteiger partial charge on any atom is -0.303 e. The lowest BCUT2D eigenvalue weighted by Gasteiger charge is -2.25. The monoisotopic (exact) mass is 286 g/mol. The fourth-order valence-corrected chi connectivity index (χ4v) is 3.35. The molecule has 4 heteroatoms. The fourth-order valence-electron chi connectivity index (χ4n) is 3.35. The van der Waals surface area contributed by atoms with Crippen LogP contribution in [0.1, 0.15) is 44.1 Å². The average molecular weight is 286 g/mol. The van der Waals surface area contributed by atoms with Crippen molar-refractivity contribution in [1.82, 2.24) is 5.32 Å². The van der Waals surface area contributed by atoms with Gasteiger partial charge in [0.1, 0.15) is 0 Å². The Morgan fingerprint density at radius 2 is 1.90 bits per heavy atom. The molecule has 1 atom stereocenters. The highest BCUT2D eigenvalue weighted by molar-refractivity contribution is 6.22. The molecule has 0 radical (unpaired) electrons. The van der Waals surface area contributed by atoms with Crippen molar-refractivity contribution in [3.8, 4) is 0 Å². The molecular formula is C17H22N2O2. The molecule has 112 valence electrons. The van der Waals surface area contributed by atoms with Crippen LogP contribution in [0.15, 0.2) is 24.3 Å². The van der Waals surface area contributed by atoms with Crippen LogP contribution < -0.4 is 10.2 Å². The lowest BCUT2D eigenvalue weighted by atomic mass is 9.95. The van der Waals surface area contributed by atoms with Gasteiger partial charge in [-0.05, 0) is 37.5 Å².